The van der Waals surface area contributed by atoms with Crippen LogP contribution < -0.4 is 5.32 Å². The van der Waals surface area contributed by atoms with Crippen LogP contribution in [0.2, 0.25) is 0 Å². The molecule has 1 aliphatic rings. The Morgan fingerprint density at radius 2 is 2.20 bits per heavy atom. The maximum atomic E-state index is 13.1. The van der Waals surface area contributed by atoms with Crippen molar-refractivity contribution in [2.24, 2.45) is 0 Å². The van der Waals surface area contributed by atoms with Gasteiger partial charge in [0, 0.05) is 17.7 Å². The molecule has 82 valence electrons. The molecule has 0 bridgehead atoms. The number of rotatable bonds is 1. The van der Waals surface area contributed by atoms with Crippen LogP contribution in [0.5, 0.6) is 5.75 Å². The average Bonchev–Trinajstić information content (AvgIpc) is 2.25. The normalized spacial score (nSPS) is 21.6. The third kappa shape index (κ3) is 2.32. The van der Waals surface area contributed by atoms with Gasteiger partial charge in [0.05, 0.1) is 4.47 Å². The summed E-state index contributed by atoms with van der Waals surface area (Å²) in [6, 6.07) is 2.97. The highest BCUT2D eigenvalue weighted by molar-refractivity contribution is 9.10. The predicted octanol–water partition coefficient (Wildman–Crippen LogP) is 3.11. The molecule has 1 aromatic carbocycles. The second-order valence-electron chi connectivity index (χ2n) is 3.83. The molecule has 0 radical (unpaired) electrons. The van der Waals surface area contributed by atoms with E-state index in [0.29, 0.717) is 4.47 Å². The van der Waals surface area contributed by atoms with E-state index < -0.39 is 5.82 Å². The number of phenolic OH excluding ortho intramolecular Hbond substituents is 1. The summed E-state index contributed by atoms with van der Waals surface area (Å²) in [4.78, 5) is 0. The number of piperidine rings is 1. The molecule has 0 amide bonds. The molecule has 0 aliphatic carbocycles. The van der Waals surface area contributed by atoms with E-state index in [4.69, 9.17) is 0 Å². The SMILES string of the molecule is Oc1cc(F)c(Br)cc1C1CCCCN1. The number of halogens is 2. The lowest BCUT2D eigenvalue weighted by Gasteiger charge is -2.24. The van der Waals surface area contributed by atoms with Crippen molar-refractivity contribution in [3.8, 4) is 5.75 Å². The van der Waals surface area contributed by atoms with E-state index in [9.17, 15) is 9.50 Å². The molecule has 2 N–H and O–H groups in total. The number of phenols is 1. The summed E-state index contributed by atoms with van der Waals surface area (Å²) in [5.74, 6) is -0.387. The Morgan fingerprint density at radius 3 is 2.87 bits per heavy atom. The minimum atomic E-state index is -0.424. The molecule has 1 aliphatic heterocycles. The van der Waals surface area contributed by atoms with Gasteiger partial charge in [-0.2, -0.15) is 0 Å². The molecule has 1 aromatic rings. The molecule has 0 saturated carbocycles. The van der Waals surface area contributed by atoms with Crippen molar-refractivity contribution in [3.63, 3.8) is 0 Å². The van der Waals surface area contributed by atoms with Crippen LogP contribution in [0.1, 0.15) is 30.9 Å². The molecule has 1 fully saturated rings. The molecule has 0 spiro atoms. The summed E-state index contributed by atoms with van der Waals surface area (Å²) >= 11 is 3.13. The highest BCUT2D eigenvalue weighted by Crippen LogP contribution is 2.33. The van der Waals surface area contributed by atoms with Crippen LogP contribution in [-0.4, -0.2) is 11.7 Å². The first kappa shape index (κ1) is 10.9. The van der Waals surface area contributed by atoms with E-state index >= 15 is 0 Å². The molecule has 1 saturated heterocycles. The summed E-state index contributed by atoms with van der Waals surface area (Å²) in [7, 11) is 0. The zero-order valence-electron chi connectivity index (χ0n) is 8.26. The number of hydrogen-bond acceptors (Lipinski definition) is 2. The fourth-order valence-corrected chi connectivity index (χ4v) is 2.31. The third-order valence-corrected chi connectivity index (χ3v) is 3.36. The van der Waals surface area contributed by atoms with Gasteiger partial charge < -0.3 is 10.4 Å². The van der Waals surface area contributed by atoms with Crippen molar-refractivity contribution in [1.82, 2.24) is 5.32 Å². The minimum absolute atomic E-state index is 0.0371. The minimum Gasteiger partial charge on any atom is -0.508 e. The van der Waals surface area contributed by atoms with Crippen molar-refractivity contribution >= 4 is 15.9 Å². The quantitative estimate of drug-likeness (QED) is 0.824. The maximum absolute atomic E-state index is 13.1. The van der Waals surface area contributed by atoms with Gasteiger partial charge >= 0.3 is 0 Å². The molecule has 1 atom stereocenters. The van der Waals surface area contributed by atoms with Crippen LogP contribution in [-0.2, 0) is 0 Å². The number of benzene rings is 1. The van der Waals surface area contributed by atoms with E-state index in [2.05, 4.69) is 21.2 Å². The number of aromatic hydroxyl groups is 1. The van der Waals surface area contributed by atoms with Gasteiger partial charge in [0.25, 0.3) is 0 Å². The zero-order chi connectivity index (χ0) is 10.8. The highest BCUT2D eigenvalue weighted by atomic mass is 79.9. The summed E-state index contributed by atoms with van der Waals surface area (Å²) in [5, 5.41) is 13.0. The van der Waals surface area contributed by atoms with E-state index in [1.54, 1.807) is 6.07 Å². The first-order valence-corrected chi connectivity index (χ1v) is 5.89. The Labute approximate surface area is 96.6 Å². The first-order chi connectivity index (χ1) is 7.18. The van der Waals surface area contributed by atoms with Gasteiger partial charge in [-0.1, -0.05) is 6.42 Å². The van der Waals surface area contributed by atoms with E-state index in [0.717, 1.165) is 31.0 Å². The van der Waals surface area contributed by atoms with Crippen molar-refractivity contribution in [2.75, 3.05) is 6.54 Å². The maximum Gasteiger partial charge on any atom is 0.141 e. The van der Waals surface area contributed by atoms with Gasteiger partial charge in [0.15, 0.2) is 0 Å². The lowest BCUT2D eigenvalue weighted by Crippen LogP contribution is -2.26. The van der Waals surface area contributed by atoms with Crippen LogP contribution in [0.3, 0.4) is 0 Å². The first-order valence-electron chi connectivity index (χ1n) is 5.10. The fraction of sp³-hybridized carbons (Fsp3) is 0.455. The van der Waals surface area contributed by atoms with Gasteiger partial charge in [-0.25, -0.2) is 4.39 Å². The molecule has 2 nitrogen and oxygen atoms in total. The molecule has 0 aromatic heterocycles. The van der Waals surface area contributed by atoms with Gasteiger partial charge in [-0.3, -0.25) is 0 Å². The molecule has 1 unspecified atom stereocenters. The Hall–Kier alpha value is -0.610. The van der Waals surface area contributed by atoms with E-state index in [1.807, 2.05) is 0 Å². The summed E-state index contributed by atoms with van der Waals surface area (Å²) in [6.45, 7) is 0.957. The van der Waals surface area contributed by atoms with Gasteiger partial charge in [0.1, 0.15) is 11.6 Å². The fourth-order valence-electron chi connectivity index (χ4n) is 1.95. The van der Waals surface area contributed by atoms with E-state index in [-0.39, 0.29) is 11.8 Å². The lowest BCUT2D eigenvalue weighted by atomic mass is 9.97. The van der Waals surface area contributed by atoms with E-state index in [1.165, 1.54) is 6.42 Å². The standard InChI is InChI=1S/C11H13BrFNO/c12-8-5-7(11(15)6-9(8)13)10-3-1-2-4-14-10/h5-6,10,14-15H,1-4H2. The Kier molecular flexibility index (Phi) is 3.26. The summed E-state index contributed by atoms with van der Waals surface area (Å²) in [5.41, 5.74) is 0.781. The van der Waals surface area contributed by atoms with Crippen LogP contribution in [0.4, 0.5) is 4.39 Å². The molecule has 4 heteroatoms. The second kappa shape index (κ2) is 4.49. The van der Waals surface area contributed by atoms with Gasteiger partial charge in [-0.05, 0) is 41.4 Å². The topological polar surface area (TPSA) is 32.3 Å². The smallest absolute Gasteiger partial charge is 0.141 e. The molecular formula is C11H13BrFNO. The average molecular weight is 274 g/mol. The number of nitrogens with one attached hydrogen (secondary N) is 1. The Balaban J connectivity index is 2.30. The van der Waals surface area contributed by atoms with Crippen molar-refractivity contribution < 1.29 is 9.50 Å². The summed E-state index contributed by atoms with van der Waals surface area (Å²) in [6.07, 6.45) is 3.30. The summed E-state index contributed by atoms with van der Waals surface area (Å²) < 4.78 is 13.5. The predicted molar refractivity (Wildman–Crippen MR) is 60.4 cm³/mol. The molecular weight excluding hydrogens is 261 g/mol. The monoisotopic (exact) mass is 273 g/mol. The van der Waals surface area contributed by atoms with Crippen LogP contribution in [0.25, 0.3) is 0 Å². The lowest BCUT2D eigenvalue weighted by molar-refractivity contribution is 0.389. The van der Waals surface area contributed by atoms with Crippen LogP contribution in [0, 0.1) is 5.82 Å². The molecule has 2 rings (SSSR count). The highest BCUT2D eigenvalue weighted by Gasteiger charge is 2.19. The third-order valence-electron chi connectivity index (χ3n) is 2.76. The molecule has 15 heavy (non-hydrogen) atoms. The van der Waals surface area contributed by atoms with Crippen molar-refractivity contribution in [3.05, 3.63) is 28.0 Å². The molecule has 1 heterocycles. The largest absolute Gasteiger partial charge is 0.508 e. The van der Waals surface area contributed by atoms with Crippen molar-refractivity contribution in [2.45, 2.75) is 25.3 Å². The second-order valence-corrected chi connectivity index (χ2v) is 4.68. The van der Waals surface area contributed by atoms with Gasteiger partial charge in [0.2, 0.25) is 0 Å². The Morgan fingerprint density at radius 1 is 1.40 bits per heavy atom. The van der Waals surface area contributed by atoms with Crippen LogP contribution >= 0.6 is 15.9 Å². The van der Waals surface area contributed by atoms with Crippen LogP contribution in [0.15, 0.2) is 16.6 Å². The Bertz CT molecular complexity index is 364. The number of hydrogen-bond donors (Lipinski definition) is 2. The zero-order valence-corrected chi connectivity index (χ0v) is 9.85. The van der Waals surface area contributed by atoms with Crippen molar-refractivity contribution in [1.29, 1.82) is 0 Å². The van der Waals surface area contributed by atoms with Gasteiger partial charge in [-0.15, -0.1) is 0 Å².